The predicted octanol–water partition coefficient (Wildman–Crippen LogP) is 1.98. The molecule has 0 fully saturated rings. The van der Waals surface area contributed by atoms with Crippen molar-refractivity contribution in [2.45, 2.75) is 6.54 Å². The van der Waals surface area contributed by atoms with Gasteiger partial charge in [-0.1, -0.05) is 0 Å². The van der Waals surface area contributed by atoms with Crippen molar-refractivity contribution in [3.05, 3.63) is 20.8 Å². The number of hydrogen-bond acceptors (Lipinski definition) is 7. The van der Waals surface area contributed by atoms with Crippen LogP contribution in [0.3, 0.4) is 0 Å². The molecule has 0 saturated heterocycles. The minimum atomic E-state index is 0.230. The van der Waals surface area contributed by atoms with Crippen LogP contribution in [0.4, 0.5) is 17.8 Å². The Morgan fingerprint density at radius 1 is 1.21 bits per heavy atom. The molecule has 0 bridgehead atoms. The van der Waals surface area contributed by atoms with Crippen LogP contribution in [-0.2, 0) is 6.54 Å². The normalized spacial score (nSPS) is 10.5. The highest BCUT2D eigenvalue weighted by Crippen LogP contribution is 2.22. The molecule has 0 aromatic carbocycles. The van der Waals surface area contributed by atoms with Crippen molar-refractivity contribution in [1.29, 1.82) is 0 Å². The van der Waals surface area contributed by atoms with Gasteiger partial charge in [-0.05, 0) is 22.0 Å². The lowest BCUT2D eigenvalue weighted by Crippen LogP contribution is -2.22. The largest absolute Gasteiger partial charge is 0.368 e. The lowest BCUT2D eigenvalue weighted by molar-refractivity contribution is 0.854. The maximum atomic E-state index is 5.71. The van der Waals surface area contributed by atoms with Crippen molar-refractivity contribution in [3.63, 3.8) is 0 Å². The number of nitrogens with two attached hydrogens (primary N) is 1. The summed E-state index contributed by atoms with van der Waals surface area (Å²) in [7, 11) is 5.67. The van der Waals surface area contributed by atoms with Gasteiger partial charge in [-0.15, -0.1) is 11.3 Å². The molecule has 0 aliphatic heterocycles. The van der Waals surface area contributed by atoms with Gasteiger partial charge in [-0.3, -0.25) is 0 Å². The van der Waals surface area contributed by atoms with Gasteiger partial charge in [0, 0.05) is 35.9 Å². The molecule has 0 amide bonds. The van der Waals surface area contributed by atoms with Gasteiger partial charge in [0.1, 0.15) is 0 Å². The van der Waals surface area contributed by atoms with Crippen molar-refractivity contribution in [3.8, 4) is 0 Å². The van der Waals surface area contributed by atoms with Gasteiger partial charge in [0.05, 0.1) is 6.54 Å². The van der Waals surface area contributed by atoms with Gasteiger partial charge < -0.3 is 15.5 Å². The SMILES string of the molecule is CN(C)c1nc(N)nc(N(C)Cc2cc(Br)cs2)n1. The Morgan fingerprint density at radius 2 is 1.89 bits per heavy atom. The van der Waals surface area contributed by atoms with Gasteiger partial charge in [0.15, 0.2) is 0 Å². The second-order valence-electron chi connectivity index (χ2n) is 4.28. The molecule has 2 aromatic rings. The maximum Gasteiger partial charge on any atom is 0.232 e. The first-order chi connectivity index (χ1) is 8.95. The Hall–Kier alpha value is -1.41. The molecule has 2 N–H and O–H groups in total. The third-order valence-electron chi connectivity index (χ3n) is 2.39. The molecule has 2 aromatic heterocycles. The smallest absolute Gasteiger partial charge is 0.232 e. The first-order valence-electron chi connectivity index (χ1n) is 5.58. The Balaban J connectivity index is 2.20. The summed E-state index contributed by atoms with van der Waals surface area (Å²) >= 11 is 5.13. The second-order valence-corrected chi connectivity index (χ2v) is 6.19. The van der Waals surface area contributed by atoms with Crippen LogP contribution in [0, 0.1) is 0 Å². The summed E-state index contributed by atoms with van der Waals surface area (Å²) in [5.41, 5.74) is 5.71. The molecule has 2 rings (SSSR count). The summed E-state index contributed by atoms with van der Waals surface area (Å²) < 4.78 is 1.09. The van der Waals surface area contributed by atoms with E-state index in [1.807, 2.05) is 26.0 Å². The number of aromatic nitrogens is 3. The minimum absolute atomic E-state index is 0.230. The van der Waals surface area contributed by atoms with Gasteiger partial charge >= 0.3 is 0 Å². The molecular weight excluding hydrogens is 328 g/mol. The number of nitrogen functional groups attached to an aromatic ring is 1. The van der Waals surface area contributed by atoms with Gasteiger partial charge in [0.2, 0.25) is 17.8 Å². The van der Waals surface area contributed by atoms with Crippen LogP contribution in [0.15, 0.2) is 15.9 Å². The minimum Gasteiger partial charge on any atom is -0.368 e. The summed E-state index contributed by atoms with van der Waals surface area (Å²) in [6.45, 7) is 0.729. The summed E-state index contributed by atoms with van der Waals surface area (Å²) in [5, 5.41) is 2.05. The van der Waals surface area contributed by atoms with Gasteiger partial charge in [0.25, 0.3) is 0 Å². The lowest BCUT2D eigenvalue weighted by atomic mass is 10.4. The molecule has 6 nitrogen and oxygen atoms in total. The fourth-order valence-electron chi connectivity index (χ4n) is 1.48. The van der Waals surface area contributed by atoms with Crippen LogP contribution < -0.4 is 15.5 Å². The molecule has 0 aliphatic rings. The van der Waals surface area contributed by atoms with Crippen molar-refractivity contribution < 1.29 is 0 Å². The molecule has 0 aliphatic carbocycles. The summed E-state index contributed by atoms with van der Waals surface area (Å²) in [6, 6.07) is 2.08. The van der Waals surface area contributed by atoms with E-state index in [1.54, 1.807) is 16.2 Å². The molecular formula is C11H15BrN6S. The fourth-order valence-corrected chi connectivity index (χ4v) is 2.98. The van der Waals surface area contributed by atoms with Gasteiger partial charge in [-0.25, -0.2) is 0 Å². The highest BCUT2D eigenvalue weighted by molar-refractivity contribution is 9.10. The zero-order chi connectivity index (χ0) is 14.0. The third kappa shape index (κ3) is 3.54. The van der Waals surface area contributed by atoms with Gasteiger partial charge in [-0.2, -0.15) is 15.0 Å². The molecule has 0 radical (unpaired) electrons. The van der Waals surface area contributed by atoms with E-state index in [0.29, 0.717) is 11.9 Å². The molecule has 19 heavy (non-hydrogen) atoms. The zero-order valence-corrected chi connectivity index (χ0v) is 13.4. The van der Waals surface area contributed by atoms with E-state index in [2.05, 4.69) is 42.3 Å². The molecule has 0 saturated carbocycles. The molecule has 102 valence electrons. The van der Waals surface area contributed by atoms with E-state index in [4.69, 9.17) is 5.73 Å². The average Bonchev–Trinajstić information content (AvgIpc) is 2.73. The highest BCUT2D eigenvalue weighted by atomic mass is 79.9. The number of halogens is 1. The van der Waals surface area contributed by atoms with Crippen LogP contribution >= 0.6 is 27.3 Å². The Kier molecular flexibility index (Phi) is 4.20. The Bertz CT molecular complexity index is 570. The van der Waals surface area contributed by atoms with Crippen molar-refractivity contribution >= 4 is 45.1 Å². The second kappa shape index (κ2) is 5.70. The lowest BCUT2D eigenvalue weighted by Gasteiger charge is -2.18. The van der Waals surface area contributed by atoms with Crippen LogP contribution in [0.25, 0.3) is 0 Å². The van der Waals surface area contributed by atoms with E-state index in [0.717, 1.165) is 11.0 Å². The van der Waals surface area contributed by atoms with Crippen molar-refractivity contribution in [2.24, 2.45) is 0 Å². The van der Waals surface area contributed by atoms with E-state index >= 15 is 0 Å². The standard InChI is InChI=1S/C11H15BrN6S/c1-17(2)10-14-9(13)15-11(16-10)18(3)5-8-4-7(12)6-19-8/h4,6H,5H2,1-3H3,(H2,13,14,15,16). The number of nitrogens with zero attached hydrogens (tertiary/aromatic N) is 5. The predicted molar refractivity (Wildman–Crippen MR) is 82.7 cm³/mol. The average molecular weight is 343 g/mol. The topological polar surface area (TPSA) is 71.2 Å². The third-order valence-corrected chi connectivity index (χ3v) is 4.07. The number of rotatable bonds is 4. The summed E-state index contributed by atoms with van der Waals surface area (Å²) in [6.07, 6.45) is 0. The van der Waals surface area contributed by atoms with Crippen LogP contribution in [0.5, 0.6) is 0 Å². The molecule has 0 unspecified atom stereocenters. The van der Waals surface area contributed by atoms with E-state index < -0.39 is 0 Å². The number of thiophene rings is 1. The highest BCUT2D eigenvalue weighted by Gasteiger charge is 2.11. The fraction of sp³-hybridized carbons (Fsp3) is 0.364. The summed E-state index contributed by atoms with van der Waals surface area (Å²) in [5.74, 6) is 1.36. The molecule has 8 heteroatoms. The molecule has 2 heterocycles. The van der Waals surface area contributed by atoms with Crippen molar-refractivity contribution in [2.75, 3.05) is 36.7 Å². The summed E-state index contributed by atoms with van der Waals surface area (Å²) in [4.78, 5) is 17.6. The van der Waals surface area contributed by atoms with Crippen molar-refractivity contribution in [1.82, 2.24) is 15.0 Å². The monoisotopic (exact) mass is 342 g/mol. The maximum absolute atomic E-state index is 5.71. The zero-order valence-electron chi connectivity index (χ0n) is 11.0. The molecule has 0 atom stereocenters. The Morgan fingerprint density at radius 3 is 2.47 bits per heavy atom. The van der Waals surface area contributed by atoms with E-state index in [-0.39, 0.29) is 5.95 Å². The quantitative estimate of drug-likeness (QED) is 0.915. The van der Waals surface area contributed by atoms with Crippen LogP contribution in [0.1, 0.15) is 4.88 Å². The first-order valence-corrected chi connectivity index (χ1v) is 7.26. The van der Waals surface area contributed by atoms with E-state index in [1.165, 1.54) is 4.88 Å². The van der Waals surface area contributed by atoms with Crippen LogP contribution in [-0.4, -0.2) is 36.1 Å². The molecule has 0 spiro atoms. The van der Waals surface area contributed by atoms with Crippen LogP contribution in [0.2, 0.25) is 0 Å². The number of anilines is 3. The Labute approximate surface area is 124 Å². The van der Waals surface area contributed by atoms with E-state index in [9.17, 15) is 0 Å². The first kappa shape index (κ1) is 14.0. The number of hydrogen-bond donors (Lipinski definition) is 1.